The second kappa shape index (κ2) is 4.03. The number of benzene rings is 1. The molecule has 0 spiro atoms. The van der Waals surface area contributed by atoms with E-state index in [9.17, 15) is 10.0 Å². The third kappa shape index (κ3) is 2.36. The molecule has 1 aromatic carbocycles. The predicted octanol–water partition coefficient (Wildman–Crippen LogP) is 2.03. The van der Waals surface area contributed by atoms with E-state index < -0.39 is 0 Å². The van der Waals surface area contributed by atoms with Crippen LogP contribution in [0.4, 0.5) is 0 Å². The lowest BCUT2D eigenvalue weighted by molar-refractivity contribution is -0.163. The molecule has 1 aromatic rings. The van der Waals surface area contributed by atoms with Gasteiger partial charge in [-0.15, -0.1) is 0 Å². The second-order valence-electron chi connectivity index (χ2n) is 4.11. The van der Waals surface area contributed by atoms with E-state index in [1.54, 1.807) is 0 Å². The minimum Gasteiger partial charge on any atom is -0.286 e. The van der Waals surface area contributed by atoms with Gasteiger partial charge in [0.15, 0.2) is 0 Å². The van der Waals surface area contributed by atoms with Crippen molar-refractivity contribution in [3.63, 3.8) is 0 Å². The van der Waals surface area contributed by atoms with E-state index in [0.29, 0.717) is 18.4 Å². The highest BCUT2D eigenvalue weighted by Gasteiger charge is 2.39. The zero-order valence-corrected chi connectivity index (χ0v) is 8.76. The first kappa shape index (κ1) is 10.2. The van der Waals surface area contributed by atoms with Crippen LogP contribution < -0.4 is 0 Å². The lowest BCUT2D eigenvalue weighted by Crippen LogP contribution is -2.27. The van der Waals surface area contributed by atoms with Crippen molar-refractivity contribution in [3.8, 4) is 0 Å². The van der Waals surface area contributed by atoms with Crippen molar-refractivity contribution < 1.29 is 10.0 Å². The van der Waals surface area contributed by atoms with Crippen molar-refractivity contribution >= 4 is 5.91 Å². The van der Waals surface area contributed by atoms with Crippen molar-refractivity contribution in [2.75, 3.05) is 6.54 Å². The van der Waals surface area contributed by atoms with Crippen LogP contribution in [0, 0.1) is 5.92 Å². The fraction of sp³-hybridized carbons (Fsp3) is 0.417. The number of amides is 1. The monoisotopic (exact) mass is 205 g/mol. The summed E-state index contributed by atoms with van der Waals surface area (Å²) in [7, 11) is 0. The van der Waals surface area contributed by atoms with Gasteiger partial charge in [-0.2, -0.15) is 0 Å². The minimum absolute atomic E-state index is 0.284. The summed E-state index contributed by atoms with van der Waals surface area (Å²) < 4.78 is 0. The number of carbonyl (C=O) groups excluding carboxylic acids is 1. The van der Waals surface area contributed by atoms with Gasteiger partial charge in [-0.05, 0) is 23.8 Å². The number of rotatable bonds is 3. The molecule has 2 unspecified atom stereocenters. The van der Waals surface area contributed by atoms with Crippen molar-refractivity contribution in [3.05, 3.63) is 35.9 Å². The highest BCUT2D eigenvalue weighted by Crippen LogP contribution is 2.47. The molecule has 1 aliphatic rings. The molecule has 0 saturated heterocycles. The van der Waals surface area contributed by atoms with Crippen LogP contribution in [0.5, 0.6) is 0 Å². The molecular weight excluding hydrogens is 190 g/mol. The Kier molecular flexibility index (Phi) is 2.73. The average molecular weight is 205 g/mol. The smallest absolute Gasteiger partial charge is 0.242 e. The van der Waals surface area contributed by atoms with Crippen LogP contribution in [0.2, 0.25) is 0 Å². The van der Waals surface area contributed by atoms with E-state index in [1.807, 2.05) is 18.2 Å². The molecule has 15 heavy (non-hydrogen) atoms. The van der Waals surface area contributed by atoms with Crippen molar-refractivity contribution in [1.29, 1.82) is 0 Å². The second-order valence-corrected chi connectivity index (χ2v) is 4.11. The van der Waals surface area contributed by atoms with Crippen LogP contribution in [-0.4, -0.2) is 22.7 Å². The first-order valence-electron chi connectivity index (χ1n) is 5.20. The Morgan fingerprint density at radius 3 is 2.73 bits per heavy atom. The van der Waals surface area contributed by atoms with E-state index in [1.165, 1.54) is 12.5 Å². The third-order valence-electron chi connectivity index (χ3n) is 2.92. The Morgan fingerprint density at radius 2 is 2.13 bits per heavy atom. The quantitative estimate of drug-likeness (QED) is 0.606. The van der Waals surface area contributed by atoms with Gasteiger partial charge >= 0.3 is 0 Å². The normalized spacial score (nSPS) is 23.6. The molecule has 1 saturated carbocycles. The summed E-state index contributed by atoms with van der Waals surface area (Å²) in [6.07, 6.45) is 1.06. The molecule has 3 heteroatoms. The first-order valence-corrected chi connectivity index (χ1v) is 5.20. The molecule has 0 heterocycles. The Bertz CT molecular complexity index is 350. The van der Waals surface area contributed by atoms with Crippen LogP contribution in [0.3, 0.4) is 0 Å². The Hall–Kier alpha value is -1.35. The van der Waals surface area contributed by atoms with Gasteiger partial charge in [-0.3, -0.25) is 10.0 Å². The standard InChI is InChI=1S/C12H15NO2/c1-9(14)13(15)8-11-7-12(11)10-5-3-2-4-6-10/h2-6,11-12,15H,7-8H2,1H3. The zero-order valence-electron chi connectivity index (χ0n) is 8.76. The fourth-order valence-corrected chi connectivity index (χ4v) is 1.91. The van der Waals surface area contributed by atoms with Gasteiger partial charge < -0.3 is 0 Å². The van der Waals surface area contributed by atoms with Crippen molar-refractivity contribution in [2.45, 2.75) is 19.3 Å². The van der Waals surface area contributed by atoms with Gasteiger partial charge in [0.25, 0.3) is 0 Å². The van der Waals surface area contributed by atoms with Gasteiger partial charge in [0.05, 0.1) is 6.54 Å². The van der Waals surface area contributed by atoms with Crippen LogP contribution in [-0.2, 0) is 4.79 Å². The van der Waals surface area contributed by atoms with Crippen LogP contribution in [0.1, 0.15) is 24.8 Å². The molecule has 0 aliphatic heterocycles. The zero-order chi connectivity index (χ0) is 10.8. The van der Waals surface area contributed by atoms with Crippen molar-refractivity contribution in [1.82, 2.24) is 5.06 Å². The van der Waals surface area contributed by atoms with Crippen LogP contribution >= 0.6 is 0 Å². The molecule has 1 amide bonds. The van der Waals surface area contributed by atoms with E-state index in [2.05, 4.69) is 12.1 Å². The molecule has 0 radical (unpaired) electrons. The fourth-order valence-electron chi connectivity index (χ4n) is 1.91. The summed E-state index contributed by atoms with van der Waals surface area (Å²) in [5.41, 5.74) is 1.31. The topological polar surface area (TPSA) is 40.5 Å². The number of hydroxylamine groups is 2. The Morgan fingerprint density at radius 1 is 1.47 bits per heavy atom. The maximum atomic E-state index is 10.8. The molecule has 1 N–H and O–H groups in total. The van der Waals surface area contributed by atoms with E-state index >= 15 is 0 Å². The summed E-state index contributed by atoms with van der Waals surface area (Å²) in [5, 5.41) is 10.1. The predicted molar refractivity (Wildman–Crippen MR) is 56.5 cm³/mol. The van der Waals surface area contributed by atoms with E-state index in [-0.39, 0.29) is 5.91 Å². The first-order chi connectivity index (χ1) is 7.18. The highest BCUT2D eigenvalue weighted by molar-refractivity contribution is 5.71. The lowest BCUT2D eigenvalue weighted by atomic mass is 10.1. The molecule has 0 bridgehead atoms. The largest absolute Gasteiger partial charge is 0.286 e. The van der Waals surface area contributed by atoms with E-state index in [4.69, 9.17) is 0 Å². The average Bonchev–Trinajstić information content (AvgIpc) is 2.98. The molecular formula is C12H15NO2. The Balaban J connectivity index is 1.89. The maximum Gasteiger partial charge on any atom is 0.242 e. The van der Waals surface area contributed by atoms with Gasteiger partial charge in [-0.25, -0.2) is 5.06 Å². The van der Waals surface area contributed by atoms with Crippen LogP contribution in [0.15, 0.2) is 30.3 Å². The summed E-state index contributed by atoms with van der Waals surface area (Å²) >= 11 is 0. The SMILES string of the molecule is CC(=O)N(O)CC1CC1c1ccccc1. The van der Waals surface area contributed by atoms with Crippen molar-refractivity contribution in [2.24, 2.45) is 5.92 Å². The lowest BCUT2D eigenvalue weighted by Gasteiger charge is -2.11. The minimum atomic E-state index is -0.284. The Labute approximate surface area is 89.3 Å². The maximum absolute atomic E-state index is 10.8. The molecule has 3 nitrogen and oxygen atoms in total. The third-order valence-corrected chi connectivity index (χ3v) is 2.92. The summed E-state index contributed by atoms with van der Waals surface area (Å²) in [6.45, 7) is 1.83. The number of hydrogen-bond donors (Lipinski definition) is 1. The number of hydrogen-bond acceptors (Lipinski definition) is 2. The molecule has 0 aromatic heterocycles. The van der Waals surface area contributed by atoms with Gasteiger partial charge in [0, 0.05) is 6.92 Å². The van der Waals surface area contributed by atoms with Gasteiger partial charge in [0.1, 0.15) is 0 Å². The molecule has 1 aliphatic carbocycles. The molecule has 2 rings (SSSR count). The number of carbonyl (C=O) groups is 1. The summed E-state index contributed by atoms with van der Waals surface area (Å²) in [4.78, 5) is 10.8. The molecule has 80 valence electrons. The molecule has 1 fully saturated rings. The molecule has 2 atom stereocenters. The van der Waals surface area contributed by atoms with E-state index in [0.717, 1.165) is 11.5 Å². The van der Waals surface area contributed by atoms with Gasteiger partial charge in [-0.1, -0.05) is 30.3 Å². The summed E-state index contributed by atoms with van der Waals surface area (Å²) in [5.74, 6) is 0.648. The summed E-state index contributed by atoms with van der Waals surface area (Å²) in [6, 6.07) is 10.2. The van der Waals surface area contributed by atoms with Gasteiger partial charge in [0.2, 0.25) is 5.91 Å². The number of nitrogens with zero attached hydrogens (tertiary/aromatic N) is 1. The highest BCUT2D eigenvalue weighted by atomic mass is 16.5. The van der Waals surface area contributed by atoms with Crippen LogP contribution in [0.25, 0.3) is 0 Å².